The van der Waals surface area contributed by atoms with E-state index in [1.807, 2.05) is 18.2 Å². The summed E-state index contributed by atoms with van der Waals surface area (Å²) in [7, 11) is 1.61. The van der Waals surface area contributed by atoms with Gasteiger partial charge in [-0.05, 0) is 12.1 Å². The van der Waals surface area contributed by atoms with Crippen molar-refractivity contribution in [3.8, 4) is 5.75 Å². The molecule has 0 aliphatic rings. The Balaban J connectivity index is 0.00000196. The van der Waals surface area contributed by atoms with Crippen LogP contribution >= 0.6 is 28.3 Å². The molecule has 1 aromatic carbocycles. The molecule has 84 valence electrons. The summed E-state index contributed by atoms with van der Waals surface area (Å²) in [6, 6.07) is 5.70. The van der Waals surface area contributed by atoms with Crippen molar-refractivity contribution in [1.82, 2.24) is 0 Å². The fourth-order valence-corrected chi connectivity index (χ4v) is 1.37. The number of ether oxygens (including phenoxy) is 1. The second-order valence-electron chi connectivity index (χ2n) is 2.70. The summed E-state index contributed by atoms with van der Waals surface area (Å²) in [5.41, 5.74) is 11.4. The predicted molar refractivity (Wildman–Crippen MR) is 67.5 cm³/mol. The van der Waals surface area contributed by atoms with Gasteiger partial charge in [-0.25, -0.2) is 4.99 Å². The normalized spacial score (nSPS) is 8.93. The van der Waals surface area contributed by atoms with Crippen molar-refractivity contribution < 1.29 is 4.74 Å². The second-order valence-corrected chi connectivity index (χ2v) is 3.61. The smallest absolute Gasteiger partial charge is 0.186 e. The lowest BCUT2D eigenvalue weighted by atomic mass is 10.2. The van der Waals surface area contributed by atoms with Gasteiger partial charge in [-0.15, -0.1) is 12.4 Å². The van der Waals surface area contributed by atoms with Crippen LogP contribution in [0.2, 0.25) is 0 Å². The van der Waals surface area contributed by atoms with Crippen LogP contribution in [0.15, 0.2) is 27.7 Å². The number of benzene rings is 1. The number of halogens is 2. The van der Waals surface area contributed by atoms with E-state index in [0.29, 0.717) is 6.54 Å². The average Bonchev–Trinajstić information content (AvgIpc) is 2.15. The van der Waals surface area contributed by atoms with Crippen LogP contribution in [0.3, 0.4) is 0 Å². The third kappa shape index (κ3) is 4.40. The van der Waals surface area contributed by atoms with Crippen LogP contribution in [-0.2, 0) is 6.54 Å². The van der Waals surface area contributed by atoms with Gasteiger partial charge in [-0.2, -0.15) is 0 Å². The SMILES string of the molecule is COc1cc(Br)ccc1CN=C(N)N.Cl. The highest BCUT2D eigenvalue weighted by Gasteiger charge is 2.02. The van der Waals surface area contributed by atoms with Gasteiger partial charge in [0.05, 0.1) is 13.7 Å². The molecule has 4 N–H and O–H groups in total. The Morgan fingerprint density at radius 2 is 2.13 bits per heavy atom. The number of aliphatic imine (C=N–C) groups is 1. The van der Waals surface area contributed by atoms with Crippen molar-refractivity contribution in [1.29, 1.82) is 0 Å². The molecule has 0 amide bonds. The first-order valence-corrected chi connectivity index (χ1v) is 4.80. The minimum absolute atomic E-state index is 0. The summed E-state index contributed by atoms with van der Waals surface area (Å²) < 4.78 is 6.14. The van der Waals surface area contributed by atoms with Crippen LogP contribution in [0.1, 0.15) is 5.56 Å². The van der Waals surface area contributed by atoms with E-state index in [0.717, 1.165) is 15.8 Å². The topological polar surface area (TPSA) is 73.6 Å². The highest BCUT2D eigenvalue weighted by Crippen LogP contribution is 2.23. The first-order chi connectivity index (χ1) is 6.63. The fraction of sp³-hybridized carbons (Fsp3) is 0.222. The average molecular weight is 295 g/mol. The molecule has 1 aromatic rings. The molecule has 15 heavy (non-hydrogen) atoms. The molecular formula is C9H13BrClN3O. The number of methoxy groups -OCH3 is 1. The zero-order valence-electron chi connectivity index (χ0n) is 8.24. The van der Waals surface area contributed by atoms with Gasteiger partial charge in [0.1, 0.15) is 5.75 Å². The molecule has 0 unspecified atom stereocenters. The maximum Gasteiger partial charge on any atom is 0.186 e. The molecule has 4 nitrogen and oxygen atoms in total. The molecule has 0 atom stereocenters. The highest BCUT2D eigenvalue weighted by atomic mass is 79.9. The summed E-state index contributed by atoms with van der Waals surface area (Å²) in [4.78, 5) is 3.91. The number of rotatable bonds is 3. The molecule has 0 bridgehead atoms. The van der Waals surface area contributed by atoms with Crippen molar-refractivity contribution in [3.05, 3.63) is 28.2 Å². The molecule has 0 saturated carbocycles. The first-order valence-electron chi connectivity index (χ1n) is 4.01. The van der Waals surface area contributed by atoms with Crippen molar-refractivity contribution in [2.75, 3.05) is 7.11 Å². The molecule has 0 heterocycles. The van der Waals surface area contributed by atoms with E-state index >= 15 is 0 Å². The minimum Gasteiger partial charge on any atom is -0.496 e. The van der Waals surface area contributed by atoms with Gasteiger partial charge in [0.15, 0.2) is 5.96 Å². The molecule has 0 spiro atoms. The molecule has 0 radical (unpaired) electrons. The third-order valence-corrected chi connectivity index (χ3v) is 2.17. The van der Waals surface area contributed by atoms with E-state index in [-0.39, 0.29) is 18.4 Å². The van der Waals surface area contributed by atoms with Gasteiger partial charge in [0.25, 0.3) is 0 Å². The van der Waals surface area contributed by atoms with Crippen LogP contribution in [0.5, 0.6) is 5.75 Å². The van der Waals surface area contributed by atoms with Crippen molar-refractivity contribution >= 4 is 34.3 Å². The van der Waals surface area contributed by atoms with Crippen LogP contribution in [0.4, 0.5) is 0 Å². The van der Waals surface area contributed by atoms with E-state index in [1.165, 1.54) is 0 Å². The Morgan fingerprint density at radius 1 is 1.47 bits per heavy atom. The molecular weight excluding hydrogens is 281 g/mol. The first kappa shape index (κ1) is 14.1. The van der Waals surface area contributed by atoms with Gasteiger partial charge in [0, 0.05) is 10.0 Å². The molecule has 0 aliphatic heterocycles. The van der Waals surface area contributed by atoms with Crippen LogP contribution in [0.25, 0.3) is 0 Å². The largest absolute Gasteiger partial charge is 0.496 e. The Morgan fingerprint density at radius 3 is 2.67 bits per heavy atom. The van der Waals surface area contributed by atoms with Gasteiger partial charge >= 0.3 is 0 Å². The van der Waals surface area contributed by atoms with Crippen molar-refractivity contribution in [2.45, 2.75) is 6.54 Å². The summed E-state index contributed by atoms with van der Waals surface area (Å²) >= 11 is 3.35. The number of hydrogen-bond donors (Lipinski definition) is 2. The van der Waals surface area contributed by atoms with Crippen molar-refractivity contribution in [3.63, 3.8) is 0 Å². The lowest BCUT2D eigenvalue weighted by Crippen LogP contribution is -2.22. The summed E-state index contributed by atoms with van der Waals surface area (Å²) in [5.74, 6) is 0.847. The summed E-state index contributed by atoms with van der Waals surface area (Å²) in [6.45, 7) is 0.429. The van der Waals surface area contributed by atoms with Gasteiger partial charge in [-0.3, -0.25) is 0 Å². The zero-order chi connectivity index (χ0) is 10.6. The maximum absolute atomic E-state index is 5.24. The van der Waals surface area contributed by atoms with E-state index < -0.39 is 0 Å². The Bertz CT molecular complexity index is 353. The van der Waals surface area contributed by atoms with E-state index in [4.69, 9.17) is 16.2 Å². The lowest BCUT2D eigenvalue weighted by molar-refractivity contribution is 0.409. The summed E-state index contributed by atoms with van der Waals surface area (Å²) in [5, 5.41) is 0. The molecule has 0 aromatic heterocycles. The molecule has 0 fully saturated rings. The van der Waals surface area contributed by atoms with Crippen LogP contribution in [-0.4, -0.2) is 13.1 Å². The van der Waals surface area contributed by atoms with Crippen LogP contribution in [0, 0.1) is 0 Å². The Labute approximate surface area is 103 Å². The fourth-order valence-electron chi connectivity index (χ4n) is 1.03. The lowest BCUT2D eigenvalue weighted by Gasteiger charge is -2.06. The molecule has 0 aliphatic carbocycles. The third-order valence-electron chi connectivity index (χ3n) is 1.68. The number of guanidine groups is 1. The van der Waals surface area contributed by atoms with E-state index in [2.05, 4.69) is 20.9 Å². The second kappa shape index (κ2) is 6.53. The highest BCUT2D eigenvalue weighted by molar-refractivity contribution is 9.10. The standard InChI is InChI=1S/C9H12BrN3O.ClH/c1-14-8-4-7(10)3-2-6(8)5-13-9(11)12;/h2-4H,5H2,1H3,(H4,11,12,13);1H. The number of nitrogens with zero attached hydrogens (tertiary/aromatic N) is 1. The van der Waals surface area contributed by atoms with Gasteiger partial charge in [-0.1, -0.05) is 22.0 Å². The molecule has 0 saturated heterocycles. The van der Waals surface area contributed by atoms with Gasteiger partial charge < -0.3 is 16.2 Å². The predicted octanol–water partition coefficient (Wildman–Crippen LogP) is 1.65. The monoisotopic (exact) mass is 293 g/mol. The van der Waals surface area contributed by atoms with E-state index in [9.17, 15) is 0 Å². The van der Waals surface area contributed by atoms with Gasteiger partial charge in [0.2, 0.25) is 0 Å². The molecule has 1 rings (SSSR count). The zero-order valence-corrected chi connectivity index (χ0v) is 10.6. The van der Waals surface area contributed by atoms with Crippen LogP contribution < -0.4 is 16.2 Å². The Kier molecular flexibility index (Phi) is 6.12. The maximum atomic E-state index is 5.24. The minimum atomic E-state index is 0. The molecule has 6 heteroatoms. The van der Waals surface area contributed by atoms with E-state index in [1.54, 1.807) is 7.11 Å². The Hall–Kier alpha value is -0.940. The van der Waals surface area contributed by atoms with Crippen molar-refractivity contribution in [2.24, 2.45) is 16.5 Å². The summed E-state index contributed by atoms with van der Waals surface area (Å²) in [6.07, 6.45) is 0. The number of nitrogens with two attached hydrogens (primary N) is 2. The number of hydrogen-bond acceptors (Lipinski definition) is 2. The quantitative estimate of drug-likeness (QED) is 0.657.